The molecule has 0 radical (unpaired) electrons. The molecule has 10 heteroatoms. The Kier molecular flexibility index (Phi) is 8.09. The van der Waals surface area contributed by atoms with Crippen molar-refractivity contribution in [2.75, 3.05) is 27.6 Å². The van der Waals surface area contributed by atoms with Crippen LogP contribution in [0.1, 0.15) is 36.7 Å². The fraction of sp³-hybridized carbons (Fsp3) is 0.333. The number of ether oxygens (including phenoxy) is 4. The zero-order valence-electron chi connectivity index (χ0n) is 19.4. The van der Waals surface area contributed by atoms with Crippen LogP contribution in [0.4, 0.5) is 0 Å². The summed E-state index contributed by atoms with van der Waals surface area (Å²) in [5.74, 6) is -0.387. The second kappa shape index (κ2) is 10.7. The number of nitrogens with zero attached hydrogens (tertiary/aromatic N) is 1. The van der Waals surface area contributed by atoms with Crippen LogP contribution in [-0.2, 0) is 19.1 Å². The van der Waals surface area contributed by atoms with Gasteiger partial charge in [-0.15, -0.1) is 0 Å². The minimum absolute atomic E-state index is 0.0602. The van der Waals surface area contributed by atoms with Gasteiger partial charge in [0, 0.05) is 23.3 Å². The molecule has 0 atom stereocenters. The van der Waals surface area contributed by atoms with E-state index in [1.807, 2.05) is 0 Å². The van der Waals surface area contributed by atoms with Crippen LogP contribution in [-0.4, -0.2) is 50.1 Å². The minimum Gasteiger partial charge on any atom is -0.497 e. The molecule has 34 heavy (non-hydrogen) atoms. The summed E-state index contributed by atoms with van der Waals surface area (Å²) in [5.41, 5.74) is -0.586. The lowest BCUT2D eigenvalue weighted by Gasteiger charge is -2.31. The average molecular weight is 510 g/mol. The predicted molar refractivity (Wildman–Crippen MR) is 127 cm³/mol. The Morgan fingerprint density at radius 2 is 1.68 bits per heavy atom. The highest BCUT2D eigenvalue weighted by Crippen LogP contribution is 2.43. The monoisotopic (exact) mass is 509 g/mol. The zero-order valence-corrected chi connectivity index (χ0v) is 21.0. The van der Waals surface area contributed by atoms with E-state index in [9.17, 15) is 9.59 Å². The Morgan fingerprint density at radius 1 is 1.03 bits per heavy atom. The van der Waals surface area contributed by atoms with Crippen LogP contribution < -0.4 is 9.47 Å². The summed E-state index contributed by atoms with van der Waals surface area (Å²) in [6, 6.07) is 9.32. The van der Waals surface area contributed by atoms with E-state index in [1.165, 1.54) is 32.4 Å². The van der Waals surface area contributed by atoms with E-state index in [1.54, 1.807) is 39.0 Å². The largest absolute Gasteiger partial charge is 0.497 e. The summed E-state index contributed by atoms with van der Waals surface area (Å²) >= 11 is 12.5. The number of hydrogen-bond acceptors (Lipinski definition) is 7. The van der Waals surface area contributed by atoms with E-state index >= 15 is 0 Å². The van der Waals surface area contributed by atoms with Crippen LogP contribution in [0.2, 0.25) is 10.0 Å². The van der Waals surface area contributed by atoms with E-state index < -0.39 is 17.4 Å². The molecule has 0 unspecified atom stereocenters. The first-order chi connectivity index (χ1) is 16.1. The summed E-state index contributed by atoms with van der Waals surface area (Å²) in [5, 5.41) is 1.72. The maximum atomic E-state index is 13.4. The van der Waals surface area contributed by atoms with Crippen molar-refractivity contribution in [3.8, 4) is 11.5 Å². The molecule has 0 aromatic heterocycles. The molecule has 182 valence electrons. The Morgan fingerprint density at radius 3 is 2.24 bits per heavy atom. The molecule has 1 heterocycles. The molecule has 3 rings (SSSR count). The number of carbonyl (C=O) groups excluding carboxylic acids is 2. The number of amides is 1. The number of hydrogen-bond donors (Lipinski definition) is 0. The molecule has 8 nitrogen and oxygen atoms in total. The number of methoxy groups -OCH3 is 2. The molecule has 0 saturated heterocycles. The van der Waals surface area contributed by atoms with E-state index in [-0.39, 0.29) is 28.7 Å². The van der Waals surface area contributed by atoms with Gasteiger partial charge in [0.05, 0.1) is 30.4 Å². The van der Waals surface area contributed by atoms with E-state index in [2.05, 4.69) is 0 Å². The van der Waals surface area contributed by atoms with Gasteiger partial charge < -0.3 is 18.9 Å². The van der Waals surface area contributed by atoms with Gasteiger partial charge in [-0.05, 0) is 45.0 Å². The minimum atomic E-state index is -1.18. The summed E-state index contributed by atoms with van der Waals surface area (Å²) in [6.07, 6.45) is 0. The van der Waals surface area contributed by atoms with E-state index in [0.717, 1.165) is 5.06 Å². The molecule has 1 aliphatic rings. The van der Waals surface area contributed by atoms with Gasteiger partial charge in [-0.25, -0.2) is 14.7 Å². The summed E-state index contributed by atoms with van der Waals surface area (Å²) < 4.78 is 21.5. The van der Waals surface area contributed by atoms with Crippen molar-refractivity contribution >= 4 is 40.7 Å². The molecule has 2 aromatic carbocycles. The van der Waals surface area contributed by atoms with Crippen LogP contribution >= 0.6 is 23.2 Å². The molecular weight excluding hydrogens is 485 g/mol. The lowest BCUT2D eigenvalue weighted by molar-refractivity contribution is -0.242. The van der Waals surface area contributed by atoms with E-state index in [0.29, 0.717) is 28.7 Å². The van der Waals surface area contributed by atoms with Gasteiger partial charge in [-0.3, -0.25) is 4.79 Å². The lowest BCUT2D eigenvalue weighted by atomic mass is 9.99. The van der Waals surface area contributed by atoms with Crippen molar-refractivity contribution in [3.63, 3.8) is 0 Å². The number of rotatable bonds is 9. The number of carbonyl (C=O) groups is 2. The second-order valence-electron chi connectivity index (χ2n) is 7.72. The molecule has 2 aromatic rings. The standard InChI is InChI=1S/C24H25Cl2NO7/c1-6-32-13-33-27-22(28)20(18-8-7-15(25)11-19(18)26)21(24(27,2)3)34-23(29)14-9-16(30-4)12-17(10-14)31-5/h7-12H,6,13H2,1-5H3. The van der Waals surface area contributed by atoms with Gasteiger partial charge in [-0.1, -0.05) is 29.3 Å². The third-order valence-corrected chi connectivity index (χ3v) is 5.69. The Hall–Kier alpha value is -2.78. The first kappa shape index (κ1) is 25.8. The summed E-state index contributed by atoms with van der Waals surface area (Å²) in [4.78, 5) is 32.2. The van der Waals surface area contributed by atoms with Gasteiger partial charge in [0.1, 0.15) is 22.8 Å². The molecular formula is C24H25Cl2NO7. The molecule has 0 saturated carbocycles. The highest BCUT2D eigenvalue weighted by Gasteiger charge is 2.50. The predicted octanol–water partition coefficient (Wildman–Crippen LogP) is 5.13. The normalized spacial score (nSPS) is 15.0. The molecule has 0 fully saturated rings. The number of halogens is 2. The fourth-order valence-electron chi connectivity index (χ4n) is 3.43. The molecule has 1 aliphatic heterocycles. The molecule has 0 bridgehead atoms. The van der Waals surface area contributed by atoms with Crippen molar-refractivity contribution in [1.29, 1.82) is 0 Å². The van der Waals surface area contributed by atoms with E-state index in [4.69, 9.17) is 47.0 Å². The second-order valence-corrected chi connectivity index (χ2v) is 8.56. The van der Waals surface area contributed by atoms with Crippen molar-refractivity contribution < 1.29 is 33.4 Å². The summed E-state index contributed by atoms with van der Waals surface area (Å²) in [7, 11) is 2.94. The maximum absolute atomic E-state index is 13.4. The van der Waals surface area contributed by atoms with Gasteiger partial charge >= 0.3 is 5.97 Å². The van der Waals surface area contributed by atoms with Crippen LogP contribution in [0.3, 0.4) is 0 Å². The van der Waals surface area contributed by atoms with Gasteiger partial charge in [0.2, 0.25) is 0 Å². The van der Waals surface area contributed by atoms with Crippen molar-refractivity contribution in [1.82, 2.24) is 5.06 Å². The Bertz CT molecular complexity index is 1110. The number of benzene rings is 2. The van der Waals surface area contributed by atoms with Crippen molar-refractivity contribution in [2.45, 2.75) is 26.3 Å². The smallest absolute Gasteiger partial charge is 0.343 e. The molecule has 0 spiro atoms. The fourth-order valence-corrected chi connectivity index (χ4v) is 3.93. The average Bonchev–Trinajstić information content (AvgIpc) is 2.98. The van der Waals surface area contributed by atoms with Gasteiger partial charge in [-0.2, -0.15) is 0 Å². The maximum Gasteiger partial charge on any atom is 0.343 e. The van der Waals surface area contributed by atoms with Crippen molar-refractivity contribution in [2.24, 2.45) is 0 Å². The SMILES string of the molecule is CCOCON1C(=O)C(c2ccc(Cl)cc2Cl)=C(OC(=O)c2cc(OC)cc(OC)c2)C1(C)C. The number of esters is 1. The summed E-state index contributed by atoms with van der Waals surface area (Å²) in [6.45, 7) is 5.39. The highest BCUT2D eigenvalue weighted by molar-refractivity contribution is 6.37. The Balaban J connectivity index is 2.09. The number of hydroxylamine groups is 2. The Labute approximate surface area is 207 Å². The van der Waals surface area contributed by atoms with Crippen molar-refractivity contribution in [3.05, 3.63) is 63.3 Å². The van der Waals surface area contributed by atoms with Crippen LogP contribution in [0.25, 0.3) is 5.57 Å². The van der Waals surface area contributed by atoms with Crippen LogP contribution in [0.15, 0.2) is 42.2 Å². The molecule has 0 aliphatic carbocycles. The topological polar surface area (TPSA) is 83.5 Å². The molecule has 0 N–H and O–H groups in total. The van der Waals surface area contributed by atoms with Gasteiger partial charge in [0.25, 0.3) is 5.91 Å². The third-order valence-electron chi connectivity index (χ3n) is 5.14. The third kappa shape index (κ3) is 5.15. The molecule has 1 amide bonds. The highest BCUT2D eigenvalue weighted by atomic mass is 35.5. The van der Waals surface area contributed by atoms with Gasteiger partial charge in [0.15, 0.2) is 6.79 Å². The van der Waals surface area contributed by atoms with Crippen LogP contribution in [0.5, 0.6) is 11.5 Å². The first-order valence-corrected chi connectivity index (χ1v) is 11.1. The quantitative estimate of drug-likeness (QED) is 0.263. The zero-order chi connectivity index (χ0) is 25.0. The first-order valence-electron chi connectivity index (χ1n) is 10.3. The van der Waals surface area contributed by atoms with Crippen LogP contribution in [0, 0.1) is 0 Å². The lowest BCUT2D eigenvalue weighted by Crippen LogP contribution is -2.44.